The Hall–Kier alpha value is -0.920. The lowest BCUT2D eigenvalue weighted by atomic mass is 10.1. The van der Waals surface area contributed by atoms with E-state index in [1.165, 1.54) is 5.56 Å². The number of hydrogen-bond acceptors (Lipinski definition) is 4. The van der Waals surface area contributed by atoms with Crippen LogP contribution in [-0.4, -0.2) is 47.8 Å². The van der Waals surface area contributed by atoms with Crippen molar-refractivity contribution in [3.63, 3.8) is 0 Å². The van der Waals surface area contributed by atoms with Gasteiger partial charge in [-0.25, -0.2) is 12.7 Å². The number of H-pyrrole nitrogens is 1. The maximum absolute atomic E-state index is 12.0. The molecule has 0 amide bonds. The van der Waals surface area contributed by atoms with Crippen LogP contribution >= 0.6 is 0 Å². The van der Waals surface area contributed by atoms with E-state index in [2.05, 4.69) is 15.5 Å². The molecule has 0 spiro atoms. The van der Waals surface area contributed by atoms with Crippen LogP contribution in [0.4, 0.5) is 0 Å². The van der Waals surface area contributed by atoms with Gasteiger partial charge in [-0.3, -0.25) is 5.10 Å². The molecule has 0 bridgehead atoms. The van der Waals surface area contributed by atoms with Gasteiger partial charge in [-0.05, 0) is 33.1 Å². The fourth-order valence-electron chi connectivity index (χ4n) is 2.81. The molecule has 1 aromatic heterocycles. The van der Waals surface area contributed by atoms with Gasteiger partial charge in [0.2, 0.25) is 10.0 Å². The molecular formula is C14H26N4O2S. The second-order valence-electron chi connectivity index (χ2n) is 5.78. The molecule has 0 atom stereocenters. The van der Waals surface area contributed by atoms with E-state index >= 15 is 0 Å². The maximum atomic E-state index is 12.0. The summed E-state index contributed by atoms with van der Waals surface area (Å²) in [6, 6.07) is 0.381. The highest BCUT2D eigenvalue weighted by molar-refractivity contribution is 7.89. The van der Waals surface area contributed by atoms with E-state index in [4.69, 9.17) is 0 Å². The minimum atomic E-state index is -3.04. The molecule has 0 aromatic carbocycles. The van der Waals surface area contributed by atoms with Gasteiger partial charge in [-0.15, -0.1) is 0 Å². The van der Waals surface area contributed by atoms with Crippen molar-refractivity contribution in [1.29, 1.82) is 0 Å². The zero-order chi connectivity index (χ0) is 15.5. The zero-order valence-corrected chi connectivity index (χ0v) is 14.0. The van der Waals surface area contributed by atoms with E-state index in [1.54, 1.807) is 4.31 Å². The van der Waals surface area contributed by atoms with Gasteiger partial charge in [0, 0.05) is 36.9 Å². The van der Waals surface area contributed by atoms with E-state index in [-0.39, 0.29) is 5.75 Å². The molecular weight excluding hydrogens is 288 g/mol. The number of sulfonamides is 1. The first kappa shape index (κ1) is 16.5. The van der Waals surface area contributed by atoms with E-state index in [0.717, 1.165) is 30.8 Å². The number of nitrogens with one attached hydrogen (secondary N) is 2. The van der Waals surface area contributed by atoms with Crippen LogP contribution in [0.1, 0.15) is 43.1 Å². The Morgan fingerprint density at radius 1 is 1.33 bits per heavy atom. The molecule has 120 valence electrons. The molecule has 1 fully saturated rings. The third-order valence-corrected chi connectivity index (χ3v) is 6.23. The van der Waals surface area contributed by atoms with Gasteiger partial charge >= 0.3 is 0 Å². The van der Waals surface area contributed by atoms with Crippen LogP contribution in [0.3, 0.4) is 0 Å². The third-order valence-electron chi connectivity index (χ3n) is 4.16. The van der Waals surface area contributed by atoms with Crippen LogP contribution in [-0.2, 0) is 16.6 Å². The predicted molar refractivity (Wildman–Crippen MR) is 83.6 cm³/mol. The Labute approximate surface area is 127 Å². The molecule has 0 unspecified atom stereocenters. The van der Waals surface area contributed by atoms with Crippen molar-refractivity contribution in [3.05, 3.63) is 17.0 Å². The molecule has 7 heteroatoms. The summed E-state index contributed by atoms with van der Waals surface area (Å²) >= 11 is 0. The smallest absolute Gasteiger partial charge is 0.214 e. The summed E-state index contributed by atoms with van der Waals surface area (Å²) in [5.41, 5.74) is 3.35. The molecule has 2 heterocycles. The van der Waals surface area contributed by atoms with Crippen molar-refractivity contribution in [2.45, 2.75) is 52.6 Å². The molecule has 1 aliphatic rings. The van der Waals surface area contributed by atoms with E-state index in [1.807, 2.05) is 20.8 Å². The summed E-state index contributed by atoms with van der Waals surface area (Å²) in [7, 11) is -3.04. The van der Waals surface area contributed by atoms with Crippen LogP contribution in [0.2, 0.25) is 0 Å². The van der Waals surface area contributed by atoms with Gasteiger partial charge in [0.25, 0.3) is 0 Å². The van der Waals surface area contributed by atoms with Gasteiger partial charge in [0.1, 0.15) is 0 Å². The topological polar surface area (TPSA) is 78.1 Å². The van der Waals surface area contributed by atoms with Crippen molar-refractivity contribution in [3.8, 4) is 0 Å². The maximum Gasteiger partial charge on any atom is 0.214 e. The van der Waals surface area contributed by atoms with Crippen molar-refractivity contribution in [2.75, 3.05) is 18.8 Å². The van der Waals surface area contributed by atoms with Gasteiger partial charge in [0.05, 0.1) is 11.4 Å². The minimum Gasteiger partial charge on any atom is -0.310 e. The Morgan fingerprint density at radius 3 is 2.52 bits per heavy atom. The molecule has 2 rings (SSSR count). The number of hydrogen-bond donors (Lipinski definition) is 2. The Kier molecular flexibility index (Phi) is 5.40. The second kappa shape index (κ2) is 6.89. The quantitative estimate of drug-likeness (QED) is 0.830. The number of aryl methyl sites for hydroxylation is 2. The summed E-state index contributed by atoms with van der Waals surface area (Å²) < 4.78 is 25.7. The first-order chi connectivity index (χ1) is 9.94. The lowest BCUT2D eigenvalue weighted by Gasteiger charge is -2.31. The standard InChI is InChI=1S/C14H26N4O2S/c1-4-9-21(19,20)18-7-5-13(6-8-18)15-10-14-11(2)16-17-12(14)3/h13,15H,4-10H2,1-3H3,(H,16,17). The SMILES string of the molecule is CCCS(=O)(=O)N1CCC(NCc2c(C)n[nH]c2C)CC1. The largest absolute Gasteiger partial charge is 0.310 e. The highest BCUT2D eigenvalue weighted by Gasteiger charge is 2.27. The lowest BCUT2D eigenvalue weighted by Crippen LogP contribution is -2.45. The van der Waals surface area contributed by atoms with Crippen molar-refractivity contribution >= 4 is 10.0 Å². The van der Waals surface area contributed by atoms with Crippen LogP contribution < -0.4 is 5.32 Å². The van der Waals surface area contributed by atoms with Gasteiger partial charge in [-0.1, -0.05) is 6.92 Å². The highest BCUT2D eigenvalue weighted by atomic mass is 32.2. The molecule has 2 N–H and O–H groups in total. The summed E-state index contributed by atoms with van der Waals surface area (Å²) in [5.74, 6) is 0.262. The third kappa shape index (κ3) is 4.05. The normalized spacial score (nSPS) is 18.2. The predicted octanol–water partition coefficient (Wildman–Crippen LogP) is 1.32. The molecule has 0 radical (unpaired) electrons. The summed E-state index contributed by atoms with van der Waals surface area (Å²) in [5, 5.41) is 10.7. The van der Waals surface area contributed by atoms with Crippen LogP contribution in [0.5, 0.6) is 0 Å². The van der Waals surface area contributed by atoms with E-state index in [9.17, 15) is 8.42 Å². The first-order valence-electron chi connectivity index (χ1n) is 7.65. The highest BCUT2D eigenvalue weighted by Crippen LogP contribution is 2.16. The molecule has 21 heavy (non-hydrogen) atoms. The first-order valence-corrected chi connectivity index (χ1v) is 9.26. The zero-order valence-electron chi connectivity index (χ0n) is 13.1. The number of nitrogens with zero attached hydrogens (tertiary/aromatic N) is 2. The molecule has 6 nitrogen and oxygen atoms in total. The number of piperidine rings is 1. The molecule has 1 aromatic rings. The Morgan fingerprint density at radius 2 is 2.00 bits per heavy atom. The molecule has 1 aliphatic heterocycles. The van der Waals surface area contributed by atoms with Gasteiger partial charge < -0.3 is 5.32 Å². The van der Waals surface area contributed by atoms with E-state index < -0.39 is 10.0 Å². The average Bonchev–Trinajstić information content (AvgIpc) is 2.76. The van der Waals surface area contributed by atoms with Crippen molar-refractivity contribution in [1.82, 2.24) is 19.8 Å². The van der Waals surface area contributed by atoms with Crippen molar-refractivity contribution < 1.29 is 8.42 Å². The number of aromatic nitrogens is 2. The summed E-state index contributed by atoms with van der Waals surface area (Å²) in [6.45, 7) is 7.98. The average molecular weight is 314 g/mol. The molecule has 0 saturated carbocycles. The Balaban J connectivity index is 1.82. The van der Waals surface area contributed by atoms with Crippen LogP contribution in [0.25, 0.3) is 0 Å². The van der Waals surface area contributed by atoms with Crippen molar-refractivity contribution in [2.24, 2.45) is 0 Å². The second-order valence-corrected chi connectivity index (χ2v) is 7.87. The van der Waals surface area contributed by atoms with Gasteiger partial charge in [-0.2, -0.15) is 5.10 Å². The number of aromatic amines is 1. The van der Waals surface area contributed by atoms with Crippen LogP contribution in [0, 0.1) is 13.8 Å². The fraction of sp³-hybridized carbons (Fsp3) is 0.786. The number of rotatable bonds is 6. The monoisotopic (exact) mass is 314 g/mol. The molecule has 1 saturated heterocycles. The lowest BCUT2D eigenvalue weighted by molar-refractivity contribution is 0.288. The fourth-order valence-corrected chi connectivity index (χ4v) is 4.35. The molecule has 0 aliphatic carbocycles. The summed E-state index contributed by atoms with van der Waals surface area (Å²) in [4.78, 5) is 0. The summed E-state index contributed by atoms with van der Waals surface area (Å²) in [6.07, 6.45) is 2.43. The van der Waals surface area contributed by atoms with Crippen LogP contribution in [0.15, 0.2) is 0 Å². The Bertz CT molecular complexity index is 540. The van der Waals surface area contributed by atoms with E-state index in [0.29, 0.717) is 25.6 Å². The van der Waals surface area contributed by atoms with Gasteiger partial charge in [0.15, 0.2) is 0 Å². The minimum absolute atomic E-state index is 0.262.